The molecule has 0 unspecified atom stereocenters. The molecular weight excluding hydrogens is 199 g/mol. The lowest BCUT2D eigenvalue weighted by molar-refractivity contribution is -0.132. The Bertz CT molecular complexity index is 339. The van der Waals surface area contributed by atoms with Crippen molar-refractivity contribution < 1.29 is 23.1 Å². The van der Waals surface area contributed by atoms with E-state index >= 15 is 0 Å². The monoisotopic (exact) mass is 205 g/mol. The zero-order chi connectivity index (χ0) is 10.8. The van der Waals surface area contributed by atoms with Crippen LogP contribution in [-0.4, -0.2) is 29.5 Å². The summed E-state index contributed by atoms with van der Waals surface area (Å²) in [6, 6.07) is 0. The van der Waals surface area contributed by atoms with E-state index < -0.39 is 23.4 Å². The van der Waals surface area contributed by atoms with Crippen LogP contribution < -0.4 is 0 Å². The van der Waals surface area contributed by atoms with Crippen molar-refractivity contribution in [1.82, 2.24) is 0 Å². The molecule has 0 radical (unpaired) electrons. The van der Waals surface area contributed by atoms with Crippen molar-refractivity contribution >= 4 is 11.7 Å². The fourth-order valence-electron chi connectivity index (χ4n) is 0.948. The molecule has 1 aliphatic heterocycles. The lowest BCUT2D eigenvalue weighted by Gasteiger charge is -2.09. The van der Waals surface area contributed by atoms with Gasteiger partial charge in [-0.3, -0.25) is 4.99 Å². The summed E-state index contributed by atoms with van der Waals surface area (Å²) in [7, 11) is 0. The molecule has 76 valence electrons. The first-order valence-corrected chi connectivity index (χ1v) is 3.65. The lowest BCUT2D eigenvalue weighted by atomic mass is 10.1. The number of hydrogen-bond donors (Lipinski definition) is 1. The van der Waals surface area contributed by atoms with Crippen molar-refractivity contribution in [2.45, 2.75) is 6.18 Å². The lowest BCUT2D eigenvalue weighted by Crippen LogP contribution is -2.28. The van der Waals surface area contributed by atoms with E-state index in [1.807, 2.05) is 0 Å². The number of halogens is 3. The van der Waals surface area contributed by atoms with Gasteiger partial charge in [0, 0.05) is 0 Å². The maximum Gasteiger partial charge on any atom is 0.433 e. The number of aliphatic imine (C=N–C) groups is 1. The second kappa shape index (κ2) is 3.65. The Kier molecular flexibility index (Phi) is 2.73. The van der Waals surface area contributed by atoms with Crippen LogP contribution in [0.5, 0.6) is 0 Å². The Morgan fingerprint density at radius 3 is 2.64 bits per heavy atom. The van der Waals surface area contributed by atoms with E-state index in [0.29, 0.717) is 0 Å². The molecule has 14 heavy (non-hydrogen) atoms. The predicted octanol–water partition coefficient (Wildman–Crippen LogP) is 1.57. The van der Waals surface area contributed by atoms with Crippen LogP contribution in [0.4, 0.5) is 13.2 Å². The number of hydrogen-bond acceptors (Lipinski definition) is 2. The van der Waals surface area contributed by atoms with Gasteiger partial charge in [-0.15, -0.1) is 0 Å². The third-order valence-corrected chi connectivity index (χ3v) is 1.51. The van der Waals surface area contributed by atoms with Gasteiger partial charge in [-0.2, -0.15) is 13.2 Å². The molecule has 1 aliphatic rings. The molecule has 0 saturated carbocycles. The second-order valence-electron chi connectivity index (χ2n) is 2.50. The Morgan fingerprint density at radius 1 is 1.50 bits per heavy atom. The highest BCUT2D eigenvalue weighted by Crippen LogP contribution is 2.23. The Morgan fingerprint density at radius 2 is 2.14 bits per heavy atom. The number of aliphatic carboxylic acids is 1. The summed E-state index contributed by atoms with van der Waals surface area (Å²) in [6.45, 7) is -0.165. The minimum absolute atomic E-state index is 0.165. The SMILES string of the molecule is O=C(O)C1=CC=CCN=C1C(F)(F)F. The molecule has 1 rings (SSSR count). The molecule has 0 spiro atoms. The molecule has 1 heterocycles. The normalized spacial score (nSPS) is 17.1. The van der Waals surface area contributed by atoms with Gasteiger partial charge in [-0.25, -0.2) is 4.79 Å². The van der Waals surface area contributed by atoms with Crippen molar-refractivity contribution in [3.8, 4) is 0 Å². The summed E-state index contributed by atoms with van der Waals surface area (Å²) in [5.74, 6) is -1.63. The van der Waals surface area contributed by atoms with E-state index in [9.17, 15) is 18.0 Å². The van der Waals surface area contributed by atoms with E-state index in [1.54, 1.807) is 0 Å². The van der Waals surface area contributed by atoms with Crippen LogP contribution in [0.3, 0.4) is 0 Å². The second-order valence-corrected chi connectivity index (χ2v) is 2.50. The average Bonchev–Trinajstić information content (AvgIpc) is 2.26. The third-order valence-electron chi connectivity index (χ3n) is 1.51. The molecule has 0 aromatic carbocycles. The standard InChI is InChI=1S/C8H6F3NO2/c9-8(10,11)6-5(7(13)14)3-1-2-4-12-6/h1-3H,4H2,(H,13,14). The van der Waals surface area contributed by atoms with Gasteiger partial charge in [-0.1, -0.05) is 12.2 Å². The first-order chi connectivity index (χ1) is 6.43. The molecule has 0 bridgehead atoms. The molecule has 0 aromatic heterocycles. The topological polar surface area (TPSA) is 49.7 Å². The van der Waals surface area contributed by atoms with Gasteiger partial charge < -0.3 is 5.11 Å². The van der Waals surface area contributed by atoms with Crippen LogP contribution in [0, 0.1) is 0 Å². The van der Waals surface area contributed by atoms with Crippen molar-refractivity contribution in [2.75, 3.05) is 6.54 Å². The molecule has 3 nitrogen and oxygen atoms in total. The molecule has 1 N–H and O–H groups in total. The summed E-state index contributed by atoms with van der Waals surface area (Å²) in [6.07, 6.45) is -1.24. The molecule has 0 saturated heterocycles. The van der Waals surface area contributed by atoms with E-state index in [-0.39, 0.29) is 6.54 Å². The third kappa shape index (κ3) is 2.21. The zero-order valence-corrected chi connectivity index (χ0v) is 6.88. The van der Waals surface area contributed by atoms with Gasteiger partial charge in [0.05, 0.1) is 12.1 Å². The average molecular weight is 205 g/mol. The minimum atomic E-state index is -4.73. The van der Waals surface area contributed by atoms with Crippen LogP contribution in [0.15, 0.2) is 28.8 Å². The van der Waals surface area contributed by atoms with E-state index in [1.165, 1.54) is 12.2 Å². The zero-order valence-electron chi connectivity index (χ0n) is 6.88. The molecule has 0 fully saturated rings. The smallest absolute Gasteiger partial charge is 0.433 e. The fraction of sp³-hybridized carbons (Fsp3) is 0.250. The molecule has 0 amide bonds. The number of alkyl halides is 3. The molecule has 0 aliphatic carbocycles. The first kappa shape index (κ1) is 10.5. The fourth-order valence-corrected chi connectivity index (χ4v) is 0.948. The van der Waals surface area contributed by atoms with Crippen molar-refractivity contribution in [3.63, 3.8) is 0 Å². The van der Waals surface area contributed by atoms with Gasteiger partial charge in [0.1, 0.15) is 0 Å². The van der Waals surface area contributed by atoms with Gasteiger partial charge >= 0.3 is 12.1 Å². The van der Waals surface area contributed by atoms with Gasteiger partial charge in [-0.05, 0) is 6.08 Å². The van der Waals surface area contributed by atoms with Crippen LogP contribution >= 0.6 is 0 Å². The molecule has 0 aromatic rings. The predicted molar refractivity (Wildman–Crippen MR) is 43.2 cm³/mol. The first-order valence-electron chi connectivity index (χ1n) is 3.65. The number of rotatable bonds is 1. The summed E-state index contributed by atoms with van der Waals surface area (Å²) < 4.78 is 36.8. The summed E-state index contributed by atoms with van der Waals surface area (Å²) >= 11 is 0. The summed E-state index contributed by atoms with van der Waals surface area (Å²) in [4.78, 5) is 13.6. The largest absolute Gasteiger partial charge is 0.478 e. The van der Waals surface area contributed by atoms with Crippen LogP contribution in [0.2, 0.25) is 0 Å². The maximum atomic E-state index is 12.3. The van der Waals surface area contributed by atoms with Crippen molar-refractivity contribution in [2.24, 2.45) is 4.99 Å². The minimum Gasteiger partial charge on any atom is -0.478 e. The highest BCUT2D eigenvalue weighted by Gasteiger charge is 2.40. The van der Waals surface area contributed by atoms with E-state index in [4.69, 9.17) is 5.11 Å². The van der Waals surface area contributed by atoms with Crippen molar-refractivity contribution in [1.29, 1.82) is 0 Å². The summed E-state index contributed by atoms with van der Waals surface area (Å²) in [5.41, 5.74) is -2.17. The van der Waals surface area contributed by atoms with E-state index in [2.05, 4.69) is 4.99 Å². The Labute approximate surface area is 77.3 Å². The number of allylic oxidation sites excluding steroid dienone is 2. The highest BCUT2D eigenvalue weighted by molar-refractivity contribution is 6.21. The number of carboxylic acids is 1. The molecule has 0 atom stereocenters. The van der Waals surface area contributed by atoms with Crippen molar-refractivity contribution in [3.05, 3.63) is 23.8 Å². The number of carboxylic acid groups (broad SMARTS) is 1. The van der Waals surface area contributed by atoms with Crippen LogP contribution in [0.25, 0.3) is 0 Å². The molecular formula is C8H6F3NO2. The maximum absolute atomic E-state index is 12.3. The number of nitrogens with zero attached hydrogens (tertiary/aromatic N) is 1. The Balaban J connectivity index is 3.15. The Hall–Kier alpha value is -1.59. The quantitative estimate of drug-likeness (QED) is 0.706. The summed E-state index contributed by atoms with van der Waals surface area (Å²) in [5, 5.41) is 8.51. The van der Waals surface area contributed by atoms with Crippen LogP contribution in [0.1, 0.15) is 0 Å². The highest BCUT2D eigenvalue weighted by atomic mass is 19.4. The van der Waals surface area contributed by atoms with Gasteiger partial charge in [0.2, 0.25) is 0 Å². The van der Waals surface area contributed by atoms with E-state index in [0.717, 1.165) is 6.08 Å². The van der Waals surface area contributed by atoms with Crippen LogP contribution in [-0.2, 0) is 4.79 Å². The number of carbonyl (C=O) groups is 1. The molecule has 6 heteroatoms. The van der Waals surface area contributed by atoms with Gasteiger partial charge in [0.25, 0.3) is 0 Å². The van der Waals surface area contributed by atoms with Gasteiger partial charge in [0.15, 0.2) is 5.71 Å².